The van der Waals surface area contributed by atoms with E-state index in [1.807, 2.05) is 0 Å². The minimum Gasteiger partial charge on any atom is -0.384 e. The highest BCUT2D eigenvalue weighted by molar-refractivity contribution is 6.34. The number of hydrogen-bond acceptors (Lipinski definition) is 2. The molecule has 16 heavy (non-hydrogen) atoms. The number of anilines is 2. The maximum atomic E-state index is 3.69. The molecule has 3 heteroatoms. The lowest BCUT2D eigenvalue weighted by Crippen LogP contribution is -2.17. The topological polar surface area (TPSA) is 24.1 Å². The van der Waals surface area contributed by atoms with Gasteiger partial charge in [0.2, 0.25) is 0 Å². The van der Waals surface area contributed by atoms with E-state index in [-0.39, 0.29) is 0 Å². The van der Waals surface area contributed by atoms with Crippen molar-refractivity contribution in [3.8, 4) is 0 Å². The maximum absolute atomic E-state index is 3.69. The Balaban J connectivity index is 3.25. The molecule has 0 saturated heterocycles. The summed E-state index contributed by atoms with van der Waals surface area (Å²) in [6.45, 7) is 10.6. The standard InChI is InChI=1S/C13H21N2Si/c1-5-14-10-7-8-11(16)12(9(3)4)13(10)15-6-2/h7-9,14-15H,5-6H2,1-4H3. The first kappa shape index (κ1) is 13.1. The van der Waals surface area contributed by atoms with Crippen LogP contribution in [0.15, 0.2) is 12.1 Å². The van der Waals surface area contributed by atoms with Gasteiger partial charge in [0.05, 0.1) is 21.6 Å². The van der Waals surface area contributed by atoms with Crippen molar-refractivity contribution in [1.82, 2.24) is 0 Å². The third kappa shape index (κ3) is 2.79. The van der Waals surface area contributed by atoms with Crippen LogP contribution in [0.3, 0.4) is 0 Å². The summed E-state index contributed by atoms with van der Waals surface area (Å²) in [7, 11) is 3.69. The average molecular weight is 233 g/mol. The molecule has 2 nitrogen and oxygen atoms in total. The second-order valence-electron chi connectivity index (χ2n) is 4.16. The summed E-state index contributed by atoms with van der Waals surface area (Å²) in [4.78, 5) is 0. The van der Waals surface area contributed by atoms with Gasteiger partial charge in [0, 0.05) is 13.1 Å². The molecule has 2 N–H and O–H groups in total. The smallest absolute Gasteiger partial charge is 0.0716 e. The Morgan fingerprint density at radius 3 is 2.25 bits per heavy atom. The SMILES string of the molecule is CCNc1ccc([Si])c(C(C)C)c1NCC. The fourth-order valence-corrected chi connectivity index (χ4v) is 2.42. The van der Waals surface area contributed by atoms with Crippen LogP contribution in [0.5, 0.6) is 0 Å². The van der Waals surface area contributed by atoms with E-state index in [4.69, 9.17) is 0 Å². The van der Waals surface area contributed by atoms with Crippen molar-refractivity contribution >= 4 is 26.8 Å². The Kier molecular flexibility index (Phi) is 4.87. The molecular weight excluding hydrogens is 212 g/mol. The lowest BCUT2D eigenvalue weighted by Gasteiger charge is -2.21. The maximum Gasteiger partial charge on any atom is 0.0716 e. The Bertz CT molecular complexity index is 348. The van der Waals surface area contributed by atoms with E-state index in [0.29, 0.717) is 5.92 Å². The van der Waals surface area contributed by atoms with E-state index in [9.17, 15) is 0 Å². The number of nitrogens with one attached hydrogen (secondary N) is 2. The molecule has 0 bridgehead atoms. The second kappa shape index (κ2) is 5.94. The summed E-state index contributed by atoms with van der Waals surface area (Å²) in [6.07, 6.45) is 0. The monoisotopic (exact) mass is 233 g/mol. The van der Waals surface area contributed by atoms with Crippen LogP contribution in [-0.2, 0) is 0 Å². The summed E-state index contributed by atoms with van der Waals surface area (Å²) in [6, 6.07) is 4.24. The van der Waals surface area contributed by atoms with Crippen molar-refractivity contribution in [2.75, 3.05) is 23.7 Å². The van der Waals surface area contributed by atoms with E-state index >= 15 is 0 Å². The van der Waals surface area contributed by atoms with E-state index in [2.05, 4.69) is 60.7 Å². The van der Waals surface area contributed by atoms with Crippen molar-refractivity contribution in [1.29, 1.82) is 0 Å². The lowest BCUT2D eigenvalue weighted by molar-refractivity contribution is 0.873. The van der Waals surface area contributed by atoms with Gasteiger partial charge in [-0.25, -0.2) is 0 Å². The van der Waals surface area contributed by atoms with Crippen LogP contribution in [-0.4, -0.2) is 23.3 Å². The molecule has 0 aliphatic rings. The minimum absolute atomic E-state index is 0.500. The Morgan fingerprint density at radius 2 is 1.75 bits per heavy atom. The van der Waals surface area contributed by atoms with Crippen LogP contribution in [0.2, 0.25) is 0 Å². The summed E-state index contributed by atoms with van der Waals surface area (Å²) in [5.74, 6) is 0.500. The fraction of sp³-hybridized carbons (Fsp3) is 0.538. The molecule has 0 unspecified atom stereocenters. The molecule has 0 heterocycles. The molecule has 0 fully saturated rings. The van der Waals surface area contributed by atoms with Gasteiger partial charge < -0.3 is 10.6 Å². The molecular formula is C13H21N2Si. The normalized spacial score (nSPS) is 10.6. The predicted octanol–water partition coefficient (Wildman–Crippen LogP) is 2.47. The molecule has 87 valence electrons. The van der Waals surface area contributed by atoms with Crippen LogP contribution in [0, 0.1) is 0 Å². The van der Waals surface area contributed by atoms with Crippen molar-refractivity contribution in [2.24, 2.45) is 0 Å². The van der Waals surface area contributed by atoms with Gasteiger partial charge in [-0.05, 0) is 31.4 Å². The van der Waals surface area contributed by atoms with Crippen LogP contribution in [0.1, 0.15) is 39.2 Å². The van der Waals surface area contributed by atoms with E-state index in [0.717, 1.165) is 13.1 Å². The predicted molar refractivity (Wildman–Crippen MR) is 74.2 cm³/mol. The van der Waals surface area contributed by atoms with E-state index < -0.39 is 0 Å². The highest BCUT2D eigenvalue weighted by Gasteiger charge is 2.12. The first-order valence-corrected chi connectivity index (χ1v) is 6.48. The molecule has 0 saturated carbocycles. The highest BCUT2D eigenvalue weighted by Crippen LogP contribution is 2.29. The van der Waals surface area contributed by atoms with Gasteiger partial charge in [0.15, 0.2) is 0 Å². The van der Waals surface area contributed by atoms with Crippen LogP contribution < -0.4 is 15.8 Å². The van der Waals surface area contributed by atoms with Gasteiger partial charge in [0.1, 0.15) is 0 Å². The molecule has 1 aromatic carbocycles. The number of rotatable bonds is 5. The van der Waals surface area contributed by atoms with Crippen LogP contribution >= 0.6 is 0 Å². The Morgan fingerprint density at radius 1 is 1.12 bits per heavy atom. The Labute approximate surface area is 102 Å². The van der Waals surface area contributed by atoms with Crippen molar-refractivity contribution < 1.29 is 0 Å². The van der Waals surface area contributed by atoms with Gasteiger partial charge in [-0.2, -0.15) is 0 Å². The average Bonchev–Trinajstić information content (AvgIpc) is 2.22. The van der Waals surface area contributed by atoms with Crippen LogP contribution in [0.25, 0.3) is 0 Å². The summed E-state index contributed by atoms with van der Waals surface area (Å²) in [5, 5.41) is 8.03. The van der Waals surface area contributed by atoms with Crippen molar-refractivity contribution in [3.05, 3.63) is 17.7 Å². The number of hydrogen-bond donors (Lipinski definition) is 2. The first-order valence-electron chi connectivity index (χ1n) is 5.98. The molecule has 0 aliphatic heterocycles. The largest absolute Gasteiger partial charge is 0.384 e. The summed E-state index contributed by atoms with van der Waals surface area (Å²) >= 11 is 0. The highest BCUT2D eigenvalue weighted by atomic mass is 28.1. The Hall–Kier alpha value is -0.963. The molecule has 0 aliphatic carbocycles. The van der Waals surface area contributed by atoms with Gasteiger partial charge in [-0.1, -0.05) is 25.1 Å². The minimum atomic E-state index is 0.500. The van der Waals surface area contributed by atoms with E-state index in [1.165, 1.54) is 22.1 Å². The molecule has 3 radical (unpaired) electrons. The molecule has 1 rings (SSSR count). The summed E-state index contributed by atoms with van der Waals surface area (Å²) in [5.41, 5.74) is 3.76. The third-order valence-corrected chi connectivity index (χ3v) is 2.98. The first-order chi connectivity index (χ1) is 7.61. The number of benzene rings is 1. The zero-order valence-corrected chi connectivity index (χ0v) is 11.6. The fourth-order valence-electron chi connectivity index (χ4n) is 1.92. The molecule has 1 aromatic rings. The van der Waals surface area contributed by atoms with Gasteiger partial charge >= 0.3 is 0 Å². The molecule has 0 aromatic heterocycles. The van der Waals surface area contributed by atoms with Crippen molar-refractivity contribution in [2.45, 2.75) is 33.6 Å². The van der Waals surface area contributed by atoms with Crippen LogP contribution in [0.4, 0.5) is 11.4 Å². The lowest BCUT2D eigenvalue weighted by atomic mass is 9.99. The zero-order chi connectivity index (χ0) is 12.1. The zero-order valence-electron chi connectivity index (χ0n) is 10.6. The van der Waals surface area contributed by atoms with E-state index in [1.54, 1.807) is 0 Å². The second-order valence-corrected chi connectivity index (χ2v) is 4.70. The van der Waals surface area contributed by atoms with Crippen molar-refractivity contribution in [3.63, 3.8) is 0 Å². The van der Waals surface area contributed by atoms with Gasteiger partial charge in [0.25, 0.3) is 0 Å². The van der Waals surface area contributed by atoms with Gasteiger partial charge in [-0.3, -0.25) is 0 Å². The quantitative estimate of drug-likeness (QED) is 0.764. The molecule has 0 amide bonds. The summed E-state index contributed by atoms with van der Waals surface area (Å²) < 4.78 is 0. The molecule has 0 spiro atoms. The van der Waals surface area contributed by atoms with Gasteiger partial charge in [-0.15, -0.1) is 0 Å². The third-order valence-electron chi connectivity index (χ3n) is 2.54. The molecule has 0 atom stereocenters.